The minimum absolute atomic E-state index is 0. The number of anilines is 1. The molecule has 0 bridgehead atoms. The van der Waals surface area contributed by atoms with Crippen LogP contribution in [0.25, 0.3) is 0 Å². The average molecular weight is 523 g/mol. The predicted molar refractivity (Wildman–Crippen MR) is 115 cm³/mol. The molecule has 1 aromatic heterocycles. The Labute approximate surface area is 183 Å². The minimum atomic E-state index is -4.61. The van der Waals surface area contributed by atoms with Crippen molar-refractivity contribution in [2.45, 2.75) is 12.7 Å². The first kappa shape index (κ1) is 23.2. The van der Waals surface area contributed by atoms with E-state index in [0.29, 0.717) is 25.1 Å². The first-order valence-corrected chi connectivity index (χ1v) is 8.85. The summed E-state index contributed by atoms with van der Waals surface area (Å²) in [5, 5.41) is 2.96. The van der Waals surface area contributed by atoms with Crippen LogP contribution in [-0.2, 0) is 12.7 Å². The number of rotatable bonds is 3. The van der Waals surface area contributed by atoms with Crippen molar-refractivity contribution in [2.24, 2.45) is 4.99 Å². The van der Waals surface area contributed by atoms with E-state index in [1.807, 2.05) is 23.1 Å². The summed E-state index contributed by atoms with van der Waals surface area (Å²) >= 11 is 0. The number of nitrogens with one attached hydrogen (secondary N) is 1. The molecular formula is C19H22F4IN5. The van der Waals surface area contributed by atoms with Gasteiger partial charge in [-0.2, -0.15) is 13.2 Å². The molecule has 1 aliphatic rings. The first-order chi connectivity index (χ1) is 13.4. The molecule has 0 spiro atoms. The van der Waals surface area contributed by atoms with Crippen LogP contribution in [0.5, 0.6) is 0 Å². The molecule has 0 atom stereocenters. The van der Waals surface area contributed by atoms with Crippen molar-refractivity contribution in [1.29, 1.82) is 0 Å². The van der Waals surface area contributed by atoms with Crippen molar-refractivity contribution in [3.05, 3.63) is 59.5 Å². The lowest BCUT2D eigenvalue weighted by atomic mass is 10.1. The molecule has 2 heterocycles. The van der Waals surface area contributed by atoms with Gasteiger partial charge in [-0.1, -0.05) is 12.1 Å². The number of aliphatic imine (C=N–C) groups is 1. The summed E-state index contributed by atoms with van der Waals surface area (Å²) in [6.07, 6.45) is -2.87. The monoisotopic (exact) mass is 523 g/mol. The third-order valence-corrected chi connectivity index (χ3v) is 4.58. The Morgan fingerprint density at radius 2 is 1.86 bits per heavy atom. The lowest BCUT2D eigenvalue weighted by Crippen LogP contribution is -2.52. The van der Waals surface area contributed by atoms with Crippen LogP contribution in [0.2, 0.25) is 0 Å². The zero-order valence-corrected chi connectivity index (χ0v) is 18.1. The number of hydrogen-bond donors (Lipinski definition) is 1. The Balaban J connectivity index is 0.00000300. The molecule has 0 saturated carbocycles. The van der Waals surface area contributed by atoms with Crippen LogP contribution < -0.4 is 10.2 Å². The summed E-state index contributed by atoms with van der Waals surface area (Å²) in [6, 6.07) is 8.42. The number of aromatic nitrogens is 1. The van der Waals surface area contributed by atoms with E-state index in [1.54, 1.807) is 13.2 Å². The molecule has 1 fully saturated rings. The Morgan fingerprint density at radius 1 is 1.14 bits per heavy atom. The number of nitrogens with zero attached hydrogens (tertiary/aromatic N) is 4. The molecule has 0 unspecified atom stereocenters. The van der Waals surface area contributed by atoms with E-state index in [4.69, 9.17) is 0 Å². The standard InChI is InChI=1S/C19H21F4N5.HI/c1-24-18(26-13-14-5-6-15(20)12-16(14)19(21,22)23)28-10-8-27(9-11-28)17-4-2-3-7-25-17;/h2-7,12H,8-11,13H2,1H3,(H,24,26);1H. The van der Waals surface area contributed by atoms with Crippen molar-refractivity contribution in [1.82, 2.24) is 15.2 Å². The molecule has 1 aliphatic heterocycles. The second-order valence-electron chi connectivity index (χ2n) is 6.36. The highest BCUT2D eigenvalue weighted by Gasteiger charge is 2.33. The van der Waals surface area contributed by atoms with Gasteiger partial charge in [0.2, 0.25) is 0 Å². The number of benzene rings is 1. The van der Waals surface area contributed by atoms with Crippen LogP contribution in [0.4, 0.5) is 23.4 Å². The Kier molecular flexibility index (Phi) is 8.05. The molecule has 1 aromatic carbocycles. The smallest absolute Gasteiger partial charge is 0.353 e. The highest BCUT2D eigenvalue weighted by atomic mass is 127. The van der Waals surface area contributed by atoms with E-state index >= 15 is 0 Å². The maximum absolute atomic E-state index is 13.2. The normalized spacial score (nSPS) is 15.1. The molecular weight excluding hydrogens is 501 g/mol. The number of alkyl halides is 3. The Hall–Kier alpha value is -2.11. The van der Waals surface area contributed by atoms with E-state index in [0.717, 1.165) is 31.0 Å². The Bertz CT molecular complexity index is 821. The van der Waals surface area contributed by atoms with Crippen molar-refractivity contribution < 1.29 is 17.6 Å². The van der Waals surface area contributed by atoms with Crippen LogP contribution in [0.3, 0.4) is 0 Å². The van der Waals surface area contributed by atoms with Gasteiger partial charge in [0, 0.05) is 46.0 Å². The quantitative estimate of drug-likeness (QED) is 0.288. The fraction of sp³-hybridized carbons (Fsp3) is 0.368. The van der Waals surface area contributed by atoms with Gasteiger partial charge in [0.15, 0.2) is 5.96 Å². The summed E-state index contributed by atoms with van der Waals surface area (Å²) in [5.41, 5.74) is -1.00. The summed E-state index contributed by atoms with van der Waals surface area (Å²) in [5.74, 6) is 0.496. The van der Waals surface area contributed by atoms with Gasteiger partial charge in [0.25, 0.3) is 0 Å². The first-order valence-electron chi connectivity index (χ1n) is 8.85. The number of halogens is 5. The SMILES string of the molecule is CN=C(NCc1ccc(F)cc1C(F)(F)F)N1CCN(c2ccccn2)CC1.I. The van der Waals surface area contributed by atoms with Crippen molar-refractivity contribution in [3.63, 3.8) is 0 Å². The summed E-state index contributed by atoms with van der Waals surface area (Å²) in [6.45, 7) is 2.67. The Morgan fingerprint density at radius 3 is 2.45 bits per heavy atom. The highest BCUT2D eigenvalue weighted by molar-refractivity contribution is 14.0. The summed E-state index contributed by atoms with van der Waals surface area (Å²) < 4.78 is 52.7. The van der Waals surface area contributed by atoms with Gasteiger partial charge >= 0.3 is 6.18 Å². The molecule has 1 N–H and O–H groups in total. The second kappa shape index (κ2) is 10.1. The lowest BCUT2D eigenvalue weighted by Gasteiger charge is -2.37. The lowest BCUT2D eigenvalue weighted by molar-refractivity contribution is -0.138. The molecule has 29 heavy (non-hydrogen) atoms. The van der Waals surface area contributed by atoms with E-state index in [-0.39, 0.29) is 36.1 Å². The topological polar surface area (TPSA) is 43.8 Å². The van der Waals surface area contributed by atoms with Crippen molar-refractivity contribution in [3.8, 4) is 0 Å². The zero-order valence-electron chi connectivity index (χ0n) is 15.8. The van der Waals surface area contributed by atoms with Crippen molar-refractivity contribution in [2.75, 3.05) is 38.1 Å². The van der Waals surface area contributed by atoms with Gasteiger partial charge in [-0.15, -0.1) is 24.0 Å². The van der Waals surface area contributed by atoms with Gasteiger partial charge in [-0.05, 0) is 29.8 Å². The van der Waals surface area contributed by atoms with E-state index < -0.39 is 17.6 Å². The van der Waals surface area contributed by atoms with Crippen LogP contribution in [0.15, 0.2) is 47.6 Å². The fourth-order valence-corrected chi connectivity index (χ4v) is 3.16. The third kappa shape index (κ3) is 5.94. The van der Waals surface area contributed by atoms with E-state index in [2.05, 4.69) is 20.2 Å². The van der Waals surface area contributed by atoms with Gasteiger partial charge in [-0.3, -0.25) is 4.99 Å². The molecule has 2 aromatic rings. The van der Waals surface area contributed by atoms with Gasteiger partial charge < -0.3 is 15.1 Å². The fourth-order valence-electron chi connectivity index (χ4n) is 3.16. The van der Waals surface area contributed by atoms with E-state index in [9.17, 15) is 17.6 Å². The molecule has 0 amide bonds. The molecule has 5 nitrogen and oxygen atoms in total. The van der Waals surface area contributed by atoms with Gasteiger partial charge in [0.1, 0.15) is 11.6 Å². The molecule has 0 radical (unpaired) electrons. The van der Waals surface area contributed by atoms with Crippen LogP contribution in [-0.4, -0.2) is 49.1 Å². The van der Waals surface area contributed by atoms with Crippen LogP contribution in [0, 0.1) is 5.82 Å². The molecule has 10 heteroatoms. The van der Waals surface area contributed by atoms with Crippen LogP contribution >= 0.6 is 24.0 Å². The molecule has 1 saturated heterocycles. The number of piperazine rings is 1. The maximum atomic E-state index is 13.2. The number of pyridine rings is 1. The largest absolute Gasteiger partial charge is 0.416 e. The minimum Gasteiger partial charge on any atom is -0.353 e. The molecule has 0 aliphatic carbocycles. The zero-order chi connectivity index (χ0) is 20.1. The molecule has 158 valence electrons. The van der Waals surface area contributed by atoms with Crippen molar-refractivity contribution >= 4 is 35.8 Å². The van der Waals surface area contributed by atoms with Gasteiger partial charge in [-0.25, -0.2) is 9.37 Å². The third-order valence-electron chi connectivity index (χ3n) is 4.58. The van der Waals surface area contributed by atoms with Gasteiger partial charge in [0.05, 0.1) is 5.56 Å². The highest BCUT2D eigenvalue weighted by Crippen LogP contribution is 2.32. The summed E-state index contributed by atoms with van der Waals surface area (Å²) in [7, 11) is 1.59. The summed E-state index contributed by atoms with van der Waals surface area (Å²) in [4.78, 5) is 12.6. The predicted octanol–water partition coefficient (Wildman–Crippen LogP) is 3.76. The maximum Gasteiger partial charge on any atom is 0.416 e. The number of hydrogen-bond acceptors (Lipinski definition) is 3. The number of guanidine groups is 1. The molecule has 3 rings (SSSR count). The second-order valence-corrected chi connectivity index (χ2v) is 6.36. The van der Waals surface area contributed by atoms with Crippen LogP contribution in [0.1, 0.15) is 11.1 Å². The average Bonchev–Trinajstić information content (AvgIpc) is 2.70. The van der Waals surface area contributed by atoms with E-state index in [1.165, 1.54) is 0 Å².